The first-order chi connectivity index (χ1) is 25.5. The van der Waals surface area contributed by atoms with E-state index >= 15 is 0 Å². The minimum atomic E-state index is -0.461. The van der Waals surface area contributed by atoms with Crippen molar-refractivity contribution < 1.29 is 14.3 Å². The van der Waals surface area contributed by atoms with E-state index < -0.39 is 5.79 Å². The van der Waals surface area contributed by atoms with Crippen LogP contribution in [0.25, 0.3) is 0 Å². The number of carbonyl (C=O) groups is 1. The number of ether oxygens (including phenoxy) is 2. The lowest BCUT2D eigenvalue weighted by Crippen LogP contribution is -2.52. The first kappa shape index (κ1) is 45.0. The Bertz CT molecular complexity index is 976. The molecule has 52 heavy (non-hydrogen) atoms. The zero-order valence-electron chi connectivity index (χ0n) is 34.5. The van der Waals surface area contributed by atoms with Gasteiger partial charge >= 0.3 is 0 Å². The molecule has 2 heterocycles. The lowest BCUT2D eigenvalue weighted by molar-refractivity contribution is -0.206. The van der Waals surface area contributed by atoms with E-state index in [1.165, 1.54) is 161 Å². The Morgan fingerprint density at radius 3 is 1.50 bits per heavy atom. The number of carbonyl (C=O) groups excluding carboxylic acids is 1. The number of nitrogens with zero attached hydrogens (tertiary/aromatic N) is 2. The van der Waals surface area contributed by atoms with Crippen LogP contribution in [0.4, 0.5) is 0 Å². The summed E-state index contributed by atoms with van der Waals surface area (Å²) in [6.07, 6.45) is 54.1. The van der Waals surface area contributed by atoms with Crippen molar-refractivity contribution in [2.24, 2.45) is 0 Å². The smallest absolute Gasteiger partial charge is 0.222 e. The van der Waals surface area contributed by atoms with Crippen LogP contribution in [0.5, 0.6) is 0 Å². The zero-order chi connectivity index (χ0) is 36.8. The first-order valence-corrected chi connectivity index (χ1v) is 22.7. The average molecular weight is 725 g/mol. The summed E-state index contributed by atoms with van der Waals surface area (Å²) in [6.45, 7) is 3.17. The molecule has 1 amide bonds. The van der Waals surface area contributed by atoms with Gasteiger partial charge in [-0.3, -0.25) is 4.79 Å². The van der Waals surface area contributed by atoms with E-state index in [4.69, 9.17) is 9.47 Å². The summed E-state index contributed by atoms with van der Waals surface area (Å²) in [5.41, 5.74) is -0.320. The van der Waals surface area contributed by atoms with Crippen molar-refractivity contribution in [3.05, 3.63) is 36.5 Å². The quantitative estimate of drug-likeness (QED) is 0.271. The topological polar surface area (TPSA) is 42.0 Å². The Labute approximate surface area is 322 Å². The molecule has 2 fully saturated rings. The Morgan fingerprint density at radius 2 is 1.02 bits per heavy atom. The number of allylic oxidation sites excluding steroid dienone is 6. The molecule has 0 radical (unpaired) electrons. The molecule has 2 unspecified atom stereocenters. The Morgan fingerprint density at radius 1 is 0.577 bits per heavy atom. The summed E-state index contributed by atoms with van der Waals surface area (Å²) in [7, 11) is 4.16. The number of hydrogen-bond donors (Lipinski definition) is 0. The van der Waals surface area contributed by atoms with Gasteiger partial charge in [0.05, 0.1) is 13.2 Å². The highest BCUT2D eigenvalue weighted by atomic mass is 16.8. The van der Waals surface area contributed by atoms with E-state index in [0.29, 0.717) is 19.6 Å². The van der Waals surface area contributed by atoms with Crippen LogP contribution in [-0.2, 0) is 14.3 Å². The molecular formula is C47H84N2O3. The van der Waals surface area contributed by atoms with E-state index in [-0.39, 0.29) is 11.5 Å². The SMILES string of the molecule is CN(C)CCCC(=O)N1CCCC2(COC3(CCCCCCCC/C=C\C/C=C\CCCCCCCCCCC/C=C\CCCCCCCC3)O2)C1. The van der Waals surface area contributed by atoms with Gasteiger partial charge in [-0.2, -0.15) is 0 Å². The van der Waals surface area contributed by atoms with Crippen LogP contribution in [0.1, 0.15) is 205 Å². The van der Waals surface area contributed by atoms with Gasteiger partial charge in [0.15, 0.2) is 5.79 Å². The van der Waals surface area contributed by atoms with E-state index in [1.807, 2.05) is 0 Å². The second kappa shape index (κ2) is 28.9. The fourth-order valence-corrected chi connectivity index (χ4v) is 8.54. The van der Waals surface area contributed by atoms with Gasteiger partial charge in [0.1, 0.15) is 5.60 Å². The predicted octanol–water partition coefficient (Wildman–Crippen LogP) is 13.0. The molecule has 0 aromatic heterocycles. The van der Waals surface area contributed by atoms with Crippen molar-refractivity contribution in [2.45, 2.75) is 217 Å². The average Bonchev–Trinajstić information content (AvgIpc) is 3.47. The summed E-state index contributed by atoms with van der Waals surface area (Å²) in [6, 6.07) is 0. The third-order valence-corrected chi connectivity index (χ3v) is 11.8. The number of piperidine rings is 1. The van der Waals surface area contributed by atoms with Crippen molar-refractivity contribution in [1.82, 2.24) is 9.80 Å². The minimum absolute atomic E-state index is 0.289. The van der Waals surface area contributed by atoms with Gasteiger partial charge in [-0.1, -0.05) is 133 Å². The molecule has 0 aromatic rings. The molecule has 0 bridgehead atoms. The fraction of sp³-hybridized carbons (Fsp3) is 0.851. The Kier molecular flexibility index (Phi) is 25.0. The predicted molar refractivity (Wildman–Crippen MR) is 223 cm³/mol. The van der Waals surface area contributed by atoms with Crippen LogP contribution < -0.4 is 0 Å². The monoisotopic (exact) mass is 725 g/mol. The second-order valence-electron chi connectivity index (χ2n) is 17.0. The molecule has 300 valence electrons. The third-order valence-electron chi connectivity index (χ3n) is 11.8. The summed E-state index contributed by atoms with van der Waals surface area (Å²) in [4.78, 5) is 17.4. The standard InChI is InChI=1S/C47H84N2O3/c1-48(2)41-35-37-45(50)49-42-36-38-46(43-49)44-51-47(52-46)39-33-31-29-27-25-23-21-19-17-15-13-11-9-7-5-3-4-6-8-10-12-14-16-18-20-22-24-26-28-30-32-34-40-47/h11,13,17-20H,3-10,12,14-16,21-44H2,1-2H3/b13-11-,19-17-,20-18-. The van der Waals surface area contributed by atoms with Gasteiger partial charge in [0.25, 0.3) is 0 Å². The van der Waals surface area contributed by atoms with Gasteiger partial charge in [-0.25, -0.2) is 0 Å². The highest BCUT2D eigenvalue weighted by Gasteiger charge is 2.51. The molecule has 5 heteroatoms. The fourth-order valence-electron chi connectivity index (χ4n) is 8.54. The maximum atomic E-state index is 13.1. The van der Waals surface area contributed by atoms with Gasteiger partial charge in [-0.05, 0) is 111 Å². The highest BCUT2D eigenvalue weighted by Crippen LogP contribution is 2.43. The van der Waals surface area contributed by atoms with Crippen LogP contribution >= 0.6 is 0 Å². The molecule has 1 aliphatic carbocycles. The maximum Gasteiger partial charge on any atom is 0.222 e. The van der Waals surface area contributed by atoms with Crippen LogP contribution in [0.3, 0.4) is 0 Å². The van der Waals surface area contributed by atoms with Gasteiger partial charge in [0, 0.05) is 25.8 Å². The zero-order valence-corrected chi connectivity index (χ0v) is 34.5. The van der Waals surface area contributed by atoms with Crippen molar-refractivity contribution in [3.8, 4) is 0 Å². The normalized spacial score (nSPS) is 29.6. The maximum absolute atomic E-state index is 13.1. The third kappa shape index (κ3) is 20.9. The van der Waals surface area contributed by atoms with Crippen LogP contribution in [0, 0.1) is 0 Å². The van der Waals surface area contributed by atoms with E-state index in [9.17, 15) is 4.79 Å². The molecular weight excluding hydrogens is 641 g/mol. The number of hydrogen-bond acceptors (Lipinski definition) is 4. The van der Waals surface area contributed by atoms with Crippen molar-refractivity contribution in [3.63, 3.8) is 0 Å². The van der Waals surface area contributed by atoms with Crippen molar-refractivity contribution >= 4 is 5.91 Å². The number of rotatable bonds is 4. The first-order valence-electron chi connectivity index (χ1n) is 22.7. The van der Waals surface area contributed by atoms with E-state index in [1.54, 1.807) is 0 Å². The largest absolute Gasteiger partial charge is 0.347 e. The second-order valence-corrected chi connectivity index (χ2v) is 17.0. The molecule has 0 aromatic carbocycles. The lowest BCUT2D eigenvalue weighted by Gasteiger charge is -2.40. The molecule has 3 rings (SSSR count). The molecule has 2 atom stereocenters. The minimum Gasteiger partial charge on any atom is -0.347 e. The van der Waals surface area contributed by atoms with E-state index in [2.05, 4.69) is 60.4 Å². The molecule has 2 aliphatic heterocycles. The summed E-state index contributed by atoms with van der Waals surface area (Å²) in [5.74, 6) is -0.172. The van der Waals surface area contributed by atoms with Crippen molar-refractivity contribution in [2.75, 3.05) is 40.3 Å². The number of amides is 1. The Balaban J connectivity index is 1.44. The molecule has 2 spiro atoms. The van der Waals surface area contributed by atoms with Crippen LogP contribution in [0.2, 0.25) is 0 Å². The summed E-state index contributed by atoms with van der Waals surface area (Å²) >= 11 is 0. The van der Waals surface area contributed by atoms with Gasteiger partial charge < -0.3 is 19.3 Å². The highest BCUT2D eigenvalue weighted by molar-refractivity contribution is 5.76. The summed E-state index contributed by atoms with van der Waals surface area (Å²) < 4.78 is 13.8. The van der Waals surface area contributed by atoms with Crippen LogP contribution in [0.15, 0.2) is 36.5 Å². The number of likely N-dealkylation sites (tertiary alicyclic amines) is 1. The van der Waals surface area contributed by atoms with Gasteiger partial charge in [0.2, 0.25) is 5.91 Å². The van der Waals surface area contributed by atoms with Gasteiger partial charge in [-0.15, -0.1) is 0 Å². The van der Waals surface area contributed by atoms with Crippen molar-refractivity contribution in [1.29, 1.82) is 0 Å². The summed E-state index contributed by atoms with van der Waals surface area (Å²) in [5, 5.41) is 0. The van der Waals surface area contributed by atoms with Crippen LogP contribution in [-0.4, -0.2) is 67.4 Å². The van der Waals surface area contributed by atoms with E-state index in [0.717, 1.165) is 51.6 Å². The molecule has 2 saturated heterocycles. The molecule has 3 aliphatic rings. The Hall–Kier alpha value is -1.43. The lowest BCUT2D eigenvalue weighted by atomic mass is 9.93. The molecule has 0 saturated carbocycles. The molecule has 0 N–H and O–H groups in total. The molecule has 5 nitrogen and oxygen atoms in total.